The van der Waals surface area contributed by atoms with E-state index in [0.717, 1.165) is 37.0 Å². The van der Waals surface area contributed by atoms with Gasteiger partial charge in [-0.2, -0.15) is 0 Å². The lowest BCUT2D eigenvalue weighted by molar-refractivity contribution is -0.117. The van der Waals surface area contributed by atoms with Gasteiger partial charge in [0.2, 0.25) is 5.91 Å². The molecule has 2 aliphatic rings. The summed E-state index contributed by atoms with van der Waals surface area (Å²) < 4.78 is 0. The molecule has 1 fully saturated rings. The number of rotatable bonds is 2. The molecule has 0 aliphatic carbocycles. The molecule has 0 spiro atoms. The molecule has 0 radical (unpaired) electrons. The molecule has 2 heterocycles. The fraction of sp³-hybridized carbons (Fsp3) is 0.385. The van der Waals surface area contributed by atoms with Crippen molar-refractivity contribution in [3.63, 3.8) is 0 Å². The summed E-state index contributed by atoms with van der Waals surface area (Å²) in [5.74, 6) is 0.346. The second kappa shape index (κ2) is 5.22. The molecule has 0 aromatic heterocycles. The zero-order chi connectivity index (χ0) is 13.2. The monoisotopic (exact) mass is 277 g/mol. The van der Waals surface area contributed by atoms with Crippen LogP contribution in [0.1, 0.15) is 11.1 Å². The summed E-state index contributed by atoms with van der Waals surface area (Å²) in [7, 11) is 0. The van der Waals surface area contributed by atoms with Crippen LogP contribution in [0.4, 0.5) is 10.5 Å². The highest BCUT2D eigenvalue weighted by Crippen LogP contribution is 2.20. The number of amides is 2. The van der Waals surface area contributed by atoms with Gasteiger partial charge in [-0.15, -0.1) is 0 Å². The standard InChI is InChI=1S/C13H15N3O2S/c17-12(11-7-19-13(18)16-11)15-10-2-1-8-3-4-14-6-9(8)5-10/h1-2,5,11,14H,3-4,6-7H2,(H,15,17)(H,16,18). The number of thioether (sulfide) groups is 1. The Balaban J connectivity index is 1.69. The highest BCUT2D eigenvalue weighted by atomic mass is 32.2. The molecule has 3 rings (SSSR count). The normalized spacial score (nSPS) is 21.7. The quantitative estimate of drug-likeness (QED) is 0.757. The molecule has 1 aromatic carbocycles. The van der Waals surface area contributed by atoms with E-state index >= 15 is 0 Å². The Bertz CT molecular complexity index is 533. The van der Waals surface area contributed by atoms with E-state index in [2.05, 4.69) is 22.0 Å². The topological polar surface area (TPSA) is 70.2 Å². The van der Waals surface area contributed by atoms with Crippen LogP contribution in [-0.4, -0.2) is 29.5 Å². The minimum absolute atomic E-state index is 0.130. The molecule has 19 heavy (non-hydrogen) atoms. The third-order valence-electron chi connectivity index (χ3n) is 3.35. The first-order chi connectivity index (χ1) is 9.22. The van der Waals surface area contributed by atoms with Crippen molar-refractivity contribution in [3.05, 3.63) is 29.3 Å². The lowest BCUT2D eigenvalue weighted by Crippen LogP contribution is -2.38. The van der Waals surface area contributed by atoms with Crippen molar-refractivity contribution in [2.24, 2.45) is 0 Å². The summed E-state index contributed by atoms with van der Waals surface area (Å²) in [5, 5.41) is 8.68. The molecule has 1 atom stereocenters. The summed E-state index contributed by atoms with van der Waals surface area (Å²) in [6.07, 6.45) is 1.03. The van der Waals surface area contributed by atoms with Crippen molar-refractivity contribution >= 4 is 28.6 Å². The maximum atomic E-state index is 12.0. The average molecular weight is 277 g/mol. The van der Waals surface area contributed by atoms with Crippen LogP contribution >= 0.6 is 11.8 Å². The fourth-order valence-electron chi connectivity index (χ4n) is 2.31. The van der Waals surface area contributed by atoms with E-state index in [4.69, 9.17) is 0 Å². The van der Waals surface area contributed by atoms with Gasteiger partial charge in [0.1, 0.15) is 6.04 Å². The SMILES string of the molecule is O=C1NC(C(=O)Nc2ccc3c(c2)CNCC3)CS1. The van der Waals surface area contributed by atoms with Crippen LogP contribution < -0.4 is 16.0 Å². The Morgan fingerprint density at radius 3 is 3.05 bits per heavy atom. The first-order valence-corrected chi connectivity index (χ1v) is 7.27. The fourth-order valence-corrected chi connectivity index (χ4v) is 3.09. The van der Waals surface area contributed by atoms with E-state index < -0.39 is 6.04 Å². The molecule has 6 heteroatoms. The van der Waals surface area contributed by atoms with Gasteiger partial charge in [-0.05, 0) is 36.2 Å². The zero-order valence-electron chi connectivity index (χ0n) is 10.4. The van der Waals surface area contributed by atoms with Gasteiger partial charge in [0.15, 0.2) is 0 Å². The highest BCUT2D eigenvalue weighted by molar-refractivity contribution is 8.14. The largest absolute Gasteiger partial charge is 0.334 e. The van der Waals surface area contributed by atoms with Gasteiger partial charge < -0.3 is 16.0 Å². The number of carbonyl (C=O) groups is 2. The van der Waals surface area contributed by atoms with E-state index in [-0.39, 0.29) is 11.1 Å². The van der Waals surface area contributed by atoms with Gasteiger partial charge in [-0.1, -0.05) is 17.8 Å². The van der Waals surface area contributed by atoms with Gasteiger partial charge >= 0.3 is 0 Å². The number of fused-ring (bicyclic) bond motifs is 1. The van der Waals surface area contributed by atoms with Crippen molar-refractivity contribution in [2.75, 3.05) is 17.6 Å². The number of benzene rings is 1. The van der Waals surface area contributed by atoms with Gasteiger partial charge in [-0.3, -0.25) is 9.59 Å². The molecule has 5 nitrogen and oxygen atoms in total. The molecule has 1 unspecified atom stereocenters. The van der Waals surface area contributed by atoms with Crippen molar-refractivity contribution in [1.82, 2.24) is 10.6 Å². The molecule has 3 N–H and O–H groups in total. The van der Waals surface area contributed by atoms with Crippen molar-refractivity contribution in [3.8, 4) is 0 Å². The second-order valence-electron chi connectivity index (χ2n) is 4.69. The molecule has 1 saturated heterocycles. The lowest BCUT2D eigenvalue weighted by Gasteiger charge is -2.18. The number of hydrogen-bond donors (Lipinski definition) is 3. The van der Waals surface area contributed by atoms with E-state index in [1.807, 2.05) is 12.1 Å². The molecule has 2 amide bonds. The Hall–Kier alpha value is -1.53. The number of hydrogen-bond acceptors (Lipinski definition) is 4. The molecule has 100 valence electrons. The summed E-state index contributed by atoms with van der Waals surface area (Å²) in [6, 6.07) is 5.56. The number of carbonyl (C=O) groups excluding carboxylic acids is 2. The molecular formula is C13H15N3O2S. The maximum absolute atomic E-state index is 12.0. The summed E-state index contributed by atoms with van der Waals surface area (Å²) in [5.41, 5.74) is 3.36. The molecule has 0 bridgehead atoms. The van der Waals surface area contributed by atoms with Gasteiger partial charge in [0, 0.05) is 18.0 Å². The van der Waals surface area contributed by atoms with Gasteiger partial charge in [0.25, 0.3) is 5.24 Å². The minimum atomic E-state index is -0.424. The van der Waals surface area contributed by atoms with Crippen LogP contribution in [0, 0.1) is 0 Å². The first-order valence-electron chi connectivity index (χ1n) is 6.29. The third kappa shape index (κ3) is 2.74. The predicted octanol–water partition coefficient (Wildman–Crippen LogP) is 1.10. The smallest absolute Gasteiger partial charge is 0.279 e. The molecule has 0 saturated carbocycles. The molecule has 1 aromatic rings. The third-order valence-corrected chi connectivity index (χ3v) is 4.23. The van der Waals surface area contributed by atoms with E-state index in [9.17, 15) is 9.59 Å². The van der Waals surface area contributed by atoms with Crippen molar-refractivity contribution in [2.45, 2.75) is 19.0 Å². The molecular weight excluding hydrogens is 262 g/mol. The van der Waals surface area contributed by atoms with Crippen LogP contribution in [0.5, 0.6) is 0 Å². The van der Waals surface area contributed by atoms with E-state index in [1.54, 1.807) is 0 Å². The predicted molar refractivity (Wildman–Crippen MR) is 75.3 cm³/mol. The van der Waals surface area contributed by atoms with Crippen molar-refractivity contribution in [1.29, 1.82) is 0 Å². The lowest BCUT2D eigenvalue weighted by atomic mass is 10.0. The summed E-state index contributed by atoms with van der Waals surface area (Å²) in [6.45, 7) is 1.85. The molecule has 2 aliphatic heterocycles. The van der Waals surface area contributed by atoms with Crippen LogP contribution in [-0.2, 0) is 17.8 Å². The minimum Gasteiger partial charge on any atom is -0.334 e. The van der Waals surface area contributed by atoms with E-state index in [1.165, 1.54) is 11.1 Å². The Kier molecular flexibility index (Phi) is 3.44. The Morgan fingerprint density at radius 1 is 1.37 bits per heavy atom. The second-order valence-corrected chi connectivity index (χ2v) is 5.69. The first kappa shape index (κ1) is 12.5. The van der Waals surface area contributed by atoms with Crippen LogP contribution in [0.2, 0.25) is 0 Å². The number of nitrogens with one attached hydrogen (secondary N) is 3. The zero-order valence-corrected chi connectivity index (χ0v) is 11.2. The highest BCUT2D eigenvalue weighted by Gasteiger charge is 2.28. The summed E-state index contributed by atoms with van der Waals surface area (Å²) >= 11 is 1.15. The van der Waals surface area contributed by atoms with Crippen molar-refractivity contribution < 1.29 is 9.59 Å². The van der Waals surface area contributed by atoms with Crippen LogP contribution in [0.15, 0.2) is 18.2 Å². The average Bonchev–Trinajstić information content (AvgIpc) is 2.85. The number of anilines is 1. The van der Waals surface area contributed by atoms with Gasteiger partial charge in [-0.25, -0.2) is 0 Å². The Labute approximate surface area is 115 Å². The maximum Gasteiger partial charge on any atom is 0.279 e. The van der Waals surface area contributed by atoms with Gasteiger partial charge in [0.05, 0.1) is 0 Å². The summed E-state index contributed by atoms with van der Waals surface area (Å²) in [4.78, 5) is 23.0. The van der Waals surface area contributed by atoms with Crippen LogP contribution in [0.3, 0.4) is 0 Å². The van der Waals surface area contributed by atoms with Crippen LogP contribution in [0.25, 0.3) is 0 Å². The Morgan fingerprint density at radius 2 is 2.26 bits per heavy atom. The van der Waals surface area contributed by atoms with E-state index in [0.29, 0.717) is 5.75 Å².